The van der Waals surface area contributed by atoms with Gasteiger partial charge in [0.25, 0.3) is 0 Å². The van der Waals surface area contributed by atoms with Crippen LogP contribution in [0.15, 0.2) is 30.5 Å². The zero-order chi connectivity index (χ0) is 14.8. The Morgan fingerprint density at radius 3 is 2.81 bits per heavy atom. The Kier molecular flexibility index (Phi) is 4.03. The molecule has 0 bridgehead atoms. The van der Waals surface area contributed by atoms with E-state index in [2.05, 4.69) is 34.1 Å². The molecule has 21 heavy (non-hydrogen) atoms. The van der Waals surface area contributed by atoms with Gasteiger partial charge in [-0.1, -0.05) is 0 Å². The molecular formula is C16H21FN4. The van der Waals surface area contributed by atoms with Crippen LogP contribution in [0.25, 0.3) is 11.3 Å². The van der Waals surface area contributed by atoms with Crippen LogP contribution >= 0.6 is 0 Å². The molecule has 1 N–H and O–H groups in total. The third-order valence-corrected chi connectivity index (χ3v) is 4.26. The number of hydrogen-bond acceptors (Lipinski definition) is 3. The first-order valence-electron chi connectivity index (χ1n) is 7.30. The standard InChI is InChI=1S/C16H21FN4/c1-20-8-7-15(11-20)21(2)10-13-9-18-19-16(13)12-3-5-14(17)6-4-12/h3-6,9,15H,7-8,10-11H2,1-2H3,(H,18,19). The first-order chi connectivity index (χ1) is 10.1. The predicted octanol–water partition coefficient (Wildman–Crippen LogP) is 2.35. The molecule has 1 aliphatic heterocycles. The molecule has 1 unspecified atom stereocenters. The van der Waals surface area contributed by atoms with Gasteiger partial charge >= 0.3 is 0 Å². The van der Waals surface area contributed by atoms with Crippen LogP contribution in [0.4, 0.5) is 4.39 Å². The van der Waals surface area contributed by atoms with E-state index in [0.29, 0.717) is 6.04 Å². The van der Waals surface area contributed by atoms with Crippen molar-refractivity contribution >= 4 is 0 Å². The fraction of sp³-hybridized carbons (Fsp3) is 0.438. The minimum atomic E-state index is -0.217. The van der Waals surface area contributed by atoms with Gasteiger partial charge < -0.3 is 4.90 Å². The molecule has 0 radical (unpaired) electrons. The van der Waals surface area contributed by atoms with Crippen LogP contribution < -0.4 is 0 Å². The molecule has 3 rings (SSSR count). The number of halogens is 1. The van der Waals surface area contributed by atoms with Gasteiger partial charge in [-0.3, -0.25) is 10.00 Å². The van der Waals surface area contributed by atoms with Crippen LogP contribution in [0, 0.1) is 5.82 Å². The van der Waals surface area contributed by atoms with Crippen molar-refractivity contribution in [1.82, 2.24) is 20.0 Å². The van der Waals surface area contributed by atoms with Crippen LogP contribution in [0.5, 0.6) is 0 Å². The van der Waals surface area contributed by atoms with Crippen molar-refractivity contribution in [3.8, 4) is 11.3 Å². The fourth-order valence-electron chi connectivity index (χ4n) is 2.97. The number of nitrogens with one attached hydrogen (secondary N) is 1. The first kappa shape index (κ1) is 14.2. The van der Waals surface area contributed by atoms with Crippen LogP contribution in [0.2, 0.25) is 0 Å². The van der Waals surface area contributed by atoms with Gasteiger partial charge in [0.2, 0.25) is 0 Å². The molecule has 5 heteroatoms. The summed E-state index contributed by atoms with van der Waals surface area (Å²) in [7, 11) is 4.32. The molecule has 2 heterocycles. The number of likely N-dealkylation sites (tertiary alicyclic amines) is 1. The number of H-pyrrole nitrogens is 1. The number of benzene rings is 1. The molecule has 0 spiro atoms. The van der Waals surface area contributed by atoms with E-state index in [9.17, 15) is 4.39 Å². The maximum Gasteiger partial charge on any atom is 0.123 e. The summed E-state index contributed by atoms with van der Waals surface area (Å²) in [4.78, 5) is 4.73. The lowest BCUT2D eigenvalue weighted by molar-refractivity contribution is 0.234. The summed E-state index contributed by atoms with van der Waals surface area (Å²) in [6.45, 7) is 3.12. The molecule has 1 aromatic heterocycles. The van der Waals surface area contributed by atoms with Crippen LogP contribution in [-0.4, -0.2) is 53.2 Å². The van der Waals surface area contributed by atoms with E-state index in [1.165, 1.54) is 18.6 Å². The van der Waals surface area contributed by atoms with Gasteiger partial charge in [-0.05, 0) is 51.3 Å². The van der Waals surface area contributed by atoms with Crippen molar-refractivity contribution in [2.75, 3.05) is 27.2 Å². The highest BCUT2D eigenvalue weighted by Crippen LogP contribution is 2.24. The van der Waals surface area contributed by atoms with E-state index in [1.54, 1.807) is 12.1 Å². The molecule has 4 nitrogen and oxygen atoms in total. The van der Waals surface area contributed by atoms with E-state index < -0.39 is 0 Å². The third-order valence-electron chi connectivity index (χ3n) is 4.26. The predicted molar refractivity (Wildman–Crippen MR) is 81.4 cm³/mol. The third kappa shape index (κ3) is 3.14. The van der Waals surface area contributed by atoms with Crippen molar-refractivity contribution < 1.29 is 4.39 Å². The minimum absolute atomic E-state index is 0.217. The van der Waals surface area contributed by atoms with Crippen LogP contribution in [0.1, 0.15) is 12.0 Å². The van der Waals surface area contributed by atoms with Gasteiger partial charge in [0, 0.05) is 30.3 Å². The summed E-state index contributed by atoms with van der Waals surface area (Å²) in [5.41, 5.74) is 3.10. The second-order valence-corrected chi connectivity index (χ2v) is 5.90. The Bertz CT molecular complexity index is 593. The lowest BCUT2D eigenvalue weighted by Gasteiger charge is -2.24. The second-order valence-electron chi connectivity index (χ2n) is 5.90. The molecule has 0 saturated carbocycles. The van der Waals surface area contributed by atoms with Gasteiger partial charge in [0.05, 0.1) is 11.9 Å². The van der Waals surface area contributed by atoms with Gasteiger partial charge in [0.1, 0.15) is 5.82 Å². The Hall–Kier alpha value is -1.72. The van der Waals surface area contributed by atoms with Gasteiger partial charge in [0.15, 0.2) is 0 Å². The molecule has 0 aliphatic carbocycles. The number of likely N-dealkylation sites (N-methyl/N-ethyl adjacent to an activating group) is 2. The van der Waals surface area contributed by atoms with Gasteiger partial charge in [-0.25, -0.2) is 4.39 Å². The molecule has 1 aliphatic rings. The highest BCUT2D eigenvalue weighted by molar-refractivity contribution is 5.62. The molecule has 1 fully saturated rings. The van der Waals surface area contributed by atoms with E-state index >= 15 is 0 Å². The summed E-state index contributed by atoms with van der Waals surface area (Å²) in [6, 6.07) is 7.13. The largest absolute Gasteiger partial charge is 0.305 e. The highest BCUT2D eigenvalue weighted by Gasteiger charge is 2.24. The molecule has 112 valence electrons. The van der Waals surface area contributed by atoms with Crippen LogP contribution in [-0.2, 0) is 6.54 Å². The zero-order valence-electron chi connectivity index (χ0n) is 12.5. The van der Waals surface area contributed by atoms with Crippen LogP contribution in [0.3, 0.4) is 0 Å². The summed E-state index contributed by atoms with van der Waals surface area (Å²) in [6.07, 6.45) is 3.07. The number of nitrogens with zero attached hydrogens (tertiary/aromatic N) is 3. The summed E-state index contributed by atoms with van der Waals surface area (Å²) < 4.78 is 13.0. The molecule has 1 saturated heterocycles. The van der Waals surface area contributed by atoms with Gasteiger partial charge in [-0.2, -0.15) is 5.10 Å². The molecule has 2 aromatic rings. The van der Waals surface area contributed by atoms with Crippen molar-refractivity contribution in [1.29, 1.82) is 0 Å². The Morgan fingerprint density at radius 2 is 2.14 bits per heavy atom. The number of aromatic nitrogens is 2. The summed E-state index contributed by atoms with van der Waals surface area (Å²) >= 11 is 0. The average Bonchev–Trinajstić information content (AvgIpc) is 3.09. The quantitative estimate of drug-likeness (QED) is 0.938. The fourth-order valence-corrected chi connectivity index (χ4v) is 2.97. The summed E-state index contributed by atoms with van der Waals surface area (Å²) in [5.74, 6) is -0.217. The average molecular weight is 288 g/mol. The second kappa shape index (κ2) is 5.95. The number of hydrogen-bond donors (Lipinski definition) is 1. The Labute approximate surface area is 124 Å². The lowest BCUT2D eigenvalue weighted by atomic mass is 10.1. The van der Waals surface area contributed by atoms with Crippen molar-refractivity contribution in [2.45, 2.75) is 19.0 Å². The first-order valence-corrected chi connectivity index (χ1v) is 7.30. The normalized spacial score (nSPS) is 19.5. The Morgan fingerprint density at radius 1 is 1.38 bits per heavy atom. The number of rotatable bonds is 4. The SMILES string of the molecule is CN1CCC(N(C)Cc2cn[nH]c2-c2ccc(F)cc2)C1. The maximum atomic E-state index is 13.0. The van der Waals surface area contributed by atoms with E-state index in [-0.39, 0.29) is 5.82 Å². The van der Waals surface area contributed by atoms with Crippen molar-refractivity contribution in [2.24, 2.45) is 0 Å². The molecule has 1 aromatic carbocycles. The lowest BCUT2D eigenvalue weighted by Crippen LogP contribution is -2.33. The van der Waals surface area contributed by atoms with E-state index in [0.717, 1.165) is 36.5 Å². The zero-order valence-corrected chi connectivity index (χ0v) is 12.5. The molecule has 0 amide bonds. The summed E-state index contributed by atoms with van der Waals surface area (Å²) in [5, 5.41) is 7.20. The van der Waals surface area contributed by atoms with E-state index in [1.807, 2.05) is 6.20 Å². The van der Waals surface area contributed by atoms with Crippen molar-refractivity contribution in [3.63, 3.8) is 0 Å². The smallest absolute Gasteiger partial charge is 0.123 e. The topological polar surface area (TPSA) is 35.2 Å². The Balaban J connectivity index is 1.75. The molecular weight excluding hydrogens is 267 g/mol. The van der Waals surface area contributed by atoms with E-state index in [4.69, 9.17) is 0 Å². The monoisotopic (exact) mass is 288 g/mol. The molecule has 1 atom stereocenters. The number of aromatic amines is 1. The minimum Gasteiger partial charge on any atom is -0.305 e. The maximum absolute atomic E-state index is 13.0. The van der Waals surface area contributed by atoms with Gasteiger partial charge in [-0.15, -0.1) is 0 Å². The highest BCUT2D eigenvalue weighted by atomic mass is 19.1. The van der Waals surface area contributed by atoms with Crippen molar-refractivity contribution in [3.05, 3.63) is 41.8 Å².